The molecule has 3 aromatic rings. The number of hydrogen-bond acceptors (Lipinski definition) is 5. The molecule has 1 fully saturated rings. The molecule has 7 nitrogen and oxygen atoms in total. The van der Waals surface area contributed by atoms with Gasteiger partial charge in [0.15, 0.2) is 5.76 Å². The molecule has 142 valence electrons. The Morgan fingerprint density at radius 2 is 1.82 bits per heavy atom. The molecule has 0 radical (unpaired) electrons. The summed E-state index contributed by atoms with van der Waals surface area (Å²) in [6, 6.07) is 16.0. The average Bonchev–Trinajstić information content (AvgIpc) is 3.29. The van der Waals surface area contributed by atoms with Crippen LogP contribution in [-0.4, -0.2) is 47.9 Å². The van der Waals surface area contributed by atoms with Crippen molar-refractivity contribution in [3.05, 3.63) is 78.4 Å². The van der Waals surface area contributed by atoms with Crippen molar-refractivity contribution >= 4 is 23.3 Å². The Labute approximate surface area is 162 Å². The number of carbonyl (C=O) groups excluding carboxylic acids is 2. The molecule has 0 spiro atoms. The summed E-state index contributed by atoms with van der Waals surface area (Å²) in [6.07, 6.45) is 3.22. The maximum atomic E-state index is 12.9. The van der Waals surface area contributed by atoms with Crippen LogP contribution in [0.25, 0.3) is 0 Å². The number of anilines is 2. The lowest BCUT2D eigenvalue weighted by molar-refractivity contribution is 0.0746. The maximum absolute atomic E-state index is 12.9. The van der Waals surface area contributed by atoms with Crippen LogP contribution in [0.1, 0.15) is 20.9 Å². The molecule has 0 saturated carbocycles. The lowest BCUT2D eigenvalue weighted by atomic mass is 10.1. The predicted molar refractivity (Wildman–Crippen MR) is 105 cm³/mol. The lowest BCUT2D eigenvalue weighted by Gasteiger charge is -2.35. The molecule has 0 aliphatic carbocycles. The molecule has 0 bridgehead atoms. The van der Waals surface area contributed by atoms with E-state index in [1.807, 2.05) is 23.1 Å². The first-order chi connectivity index (χ1) is 13.7. The summed E-state index contributed by atoms with van der Waals surface area (Å²) in [5, 5.41) is 2.75. The van der Waals surface area contributed by atoms with Crippen molar-refractivity contribution in [3.63, 3.8) is 0 Å². The van der Waals surface area contributed by atoms with Gasteiger partial charge in [-0.1, -0.05) is 12.1 Å². The molecular weight excluding hydrogens is 356 g/mol. The van der Waals surface area contributed by atoms with Crippen molar-refractivity contribution in [1.29, 1.82) is 0 Å². The van der Waals surface area contributed by atoms with Gasteiger partial charge in [-0.15, -0.1) is 0 Å². The summed E-state index contributed by atoms with van der Waals surface area (Å²) < 4.78 is 5.09. The Bertz CT molecular complexity index is 949. The highest BCUT2D eigenvalue weighted by atomic mass is 16.3. The highest BCUT2D eigenvalue weighted by Gasteiger charge is 2.23. The first kappa shape index (κ1) is 17.8. The van der Waals surface area contributed by atoms with Gasteiger partial charge in [0, 0.05) is 43.6 Å². The molecule has 7 heteroatoms. The number of rotatable bonds is 4. The van der Waals surface area contributed by atoms with E-state index in [0.29, 0.717) is 24.3 Å². The summed E-state index contributed by atoms with van der Waals surface area (Å²) >= 11 is 0. The quantitative estimate of drug-likeness (QED) is 0.757. The van der Waals surface area contributed by atoms with Crippen LogP contribution in [0.3, 0.4) is 0 Å². The van der Waals surface area contributed by atoms with Crippen LogP contribution in [0.5, 0.6) is 0 Å². The first-order valence-corrected chi connectivity index (χ1v) is 9.11. The highest BCUT2D eigenvalue weighted by Crippen LogP contribution is 2.17. The second-order valence-corrected chi connectivity index (χ2v) is 6.48. The van der Waals surface area contributed by atoms with E-state index < -0.39 is 0 Å². The molecule has 4 rings (SSSR count). The van der Waals surface area contributed by atoms with Crippen molar-refractivity contribution in [3.8, 4) is 0 Å². The number of piperazine rings is 1. The lowest BCUT2D eigenvalue weighted by Crippen LogP contribution is -2.49. The van der Waals surface area contributed by atoms with Crippen LogP contribution >= 0.6 is 0 Å². The first-order valence-electron chi connectivity index (χ1n) is 9.11. The molecule has 3 heterocycles. The molecule has 1 aromatic carbocycles. The average molecular weight is 376 g/mol. The SMILES string of the molecule is O=C(Nc1cccc(C(=O)N2CCN(c3ccccn3)CC2)c1)c1ccco1. The smallest absolute Gasteiger partial charge is 0.291 e. The van der Waals surface area contributed by atoms with E-state index >= 15 is 0 Å². The Morgan fingerprint density at radius 3 is 2.54 bits per heavy atom. The van der Waals surface area contributed by atoms with Crippen molar-refractivity contribution in [1.82, 2.24) is 9.88 Å². The van der Waals surface area contributed by atoms with Crippen LogP contribution in [0.4, 0.5) is 11.5 Å². The fourth-order valence-corrected chi connectivity index (χ4v) is 3.19. The van der Waals surface area contributed by atoms with Crippen molar-refractivity contribution in [2.75, 3.05) is 36.4 Å². The zero-order chi connectivity index (χ0) is 19.3. The van der Waals surface area contributed by atoms with Crippen molar-refractivity contribution in [2.45, 2.75) is 0 Å². The van der Waals surface area contributed by atoms with E-state index in [4.69, 9.17) is 4.42 Å². The Kier molecular flexibility index (Phi) is 5.05. The van der Waals surface area contributed by atoms with Crippen molar-refractivity contribution < 1.29 is 14.0 Å². The zero-order valence-electron chi connectivity index (χ0n) is 15.2. The number of benzene rings is 1. The van der Waals surface area contributed by atoms with Crippen LogP contribution < -0.4 is 10.2 Å². The number of nitrogens with zero attached hydrogens (tertiary/aromatic N) is 3. The van der Waals surface area contributed by atoms with Crippen LogP contribution in [0.2, 0.25) is 0 Å². The molecule has 2 amide bonds. The second-order valence-electron chi connectivity index (χ2n) is 6.48. The summed E-state index contributed by atoms with van der Waals surface area (Å²) in [5.41, 5.74) is 1.10. The minimum Gasteiger partial charge on any atom is -0.459 e. The molecule has 0 unspecified atom stereocenters. The van der Waals surface area contributed by atoms with E-state index in [-0.39, 0.29) is 17.6 Å². The van der Waals surface area contributed by atoms with E-state index in [0.717, 1.165) is 18.9 Å². The number of hydrogen-bond donors (Lipinski definition) is 1. The molecule has 1 N–H and O–H groups in total. The van der Waals surface area contributed by atoms with Gasteiger partial charge in [-0.25, -0.2) is 4.98 Å². The summed E-state index contributed by atoms with van der Waals surface area (Å²) in [5.74, 6) is 0.757. The van der Waals surface area contributed by atoms with Gasteiger partial charge in [0.1, 0.15) is 5.82 Å². The minimum atomic E-state index is -0.349. The second kappa shape index (κ2) is 7.96. The van der Waals surface area contributed by atoms with E-state index in [1.165, 1.54) is 6.26 Å². The fourth-order valence-electron chi connectivity index (χ4n) is 3.19. The van der Waals surface area contributed by atoms with E-state index in [2.05, 4.69) is 15.2 Å². The number of aromatic nitrogens is 1. The Morgan fingerprint density at radius 1 is 0.964 bits per heavy atom. The third-order valence-electron chi connectivity index (χ3n) is 4.65. The number of nitrogens with one attached hydrogen (secondary N) is 1. The van der Waals surface area contributed by atoms with Gasteiger partial charge >= 0.3 is 0 Å². The molecule has 28 heavy (non-hydrogen) atoms. The molecular formula is C21H20N4O3. The Balaban J connectivity index is 1.39. The predicted octanol–water partition coefficient (Wildman–Crippen LogP) is 2.89. The number of pyridine rings is 1. The van der Waals surface area contributed by atoms with Crippen LogP contribution in [-0.2, 0) is 0 Å². The van der Waals surface area contributed by atoms with Crippen LogP contribution in [0, 0.1) is 0 Å². The summed E-state index contributed by atoms with van der Waals surface area (Å²) in [7, 11) is 0. The highest BCUT2D eigenvalue weighted by molar-refractivity contribution is 6.03. The fraction of sp³-hybridized carbons (Fsp3) is 0.190. The topological polar surface area (TPSA) is 78.7 Å². The van der Waals surface area contributed by atoms with Gasteiger partial charge in [-0.2, -0.15) is 0 Å². The number of furan rings is 1. The third kappa shape index (κ3) is 3.88. The minimum absolute atomic E-state index is 0.0465. The van der Waals surface area contributed by atoms with Gasteiger partial charge in [0.25, 0.3) is 11.8 Å². The number of amides is 2. The zero-order valence-corrected chi connectivity index (χ0v) is 15.2. The largest absolute Gasteiger partial charge is 0.459 e. The maximum Gasteiger partial charge on any atom is 0.291 e. The monoisotopic (exact) mass is 376 g/mol. The van der Waals surface area contributed by atoms with Crippen LogP contribution in [0.15, 0.2) is 71.5 Å². The molecule has 1 aliphatic rings. The van der Waals surface area contributed by atoms with E-state index in [9.17, 15) is 9.59 Å². The van der Waals surface area contributed by atoms with Gasteiger partial charge < -0.3 is 19.5 Å². The number of carbonyl (C=O) groups is 2. The van der Waals surface area contributed by atoms with Gasteiger partial charge in [0.2, 0.25) is 0 Å². The standard InChI is InChI=1S/C21H20N4O3/c26-20(18-7-4-14-28-18)23-17-6-3-5-16(15-17)21(27)25-12-10-24(11-13-25)19-8-1-2-9-22-19/h1-9,14-15H,10-13H2,(H,23,26). The van der Waals surface area contributed by atoms with Gasteiger partial charge in [-0.05, 0) is 42.5 Å². The summed E-state index contributed by atoms with van der Waals surface area (Å²) in [6.45, 7) is 2.71. The Hall–Kier alpha value is -3.61. The molecule has 1 aliphatic heterocycles. The summed E-state index contributed by atoms with van der Waals surface area (Å²) in [4.78, 5) is 33.3. The van der Waals surface area contributed by atoms with Crippen molar-refractivity contribution in [2.24, 2.45) is 0 Å². The third-order valence-corrected chi connectivity index (χ3v) is 4.65. The molecule has 2 aromatic heterocycles. The molecule has 1 saturated heterocycles. The molecule has 0 atom stereocenters. The normalized spacial score (nSPS) is 14.0. The van der Waals surface area contributed by atoms with E-state index in [1.54, 1.807) is 42.6 Å². The van der Waals surface area contributed by atoms with Gasteiger partial charge in [-0.3, -0.25) is 9.59 Å². The van der Waals surface area contributed by atoms with Gasteiger partial charge in [0.05, 0.1) is 6.26 Å².